The maximum Gasteiger partial charge on any atom is 0.135 e. The van der Waals surface area contributed by atoms with Crippen LogP contribution in [0.2, 0.25) is 0 Å². The van der Waals surface area contributed by atoms with E-state index in [0.29, 0.717) is 5.78 Å². The van der Waals surface area contributed by atoms with Crippen LogP contribution in [0.1, 0.15) is 71.8 Å². The number of Topliss-reactive ketones (excluding diaryl/α,β-unsaturated/α-hetero) is 1. The fourth-order valence-corrected chi connectivity index (χ4v) is 3.72. The van der Waals surface area contributed by atoms with Gasteiger partial charge in [0.2, 0.25) is 0 Å². The van der Waals surface area contributed by atoms with Crippen molar-refractivity contribution < 1.29 is 14.3 Å². The van der Waals surface area contributed by atoms with Gasteiger partial charge in [-0.3, -0.25) is 4.79 Å². The Kier molecular flexibility index (Phi) is 6.67. The largest absolute Gasteiger partial charge is 0.491 e. The molecule has 0 unspecified atom stereocenters. The fourth-order valence-electron chi connectivity index (χ4n) is 3.72. The van der Waals surface area contributed by atoms with E-state index in [-0.39, 0.29) is 17.1 Å². The van der Waals surface area contributed by atoms with Crippen LogP contribution in [0.3, 0.4) is 0 Å². The second-order valence-corrected chi connectivity index (χ2v) is 8.04. The molecule has 2 aliphatic rings. The van der Waals surface area contributed by atoms with Crippen LogP contribution in [0.25, 0.3) is 0 Å². The van der Waals surface area contributed by atoms with E-state index in [9.17, 15) is 4.79 Å². The van der Waals surface area contributed by atoms with Gasteiger partial charge in [-0.2, -0.15) is 0 Å². The molecule has 1 aliphatic heterocycles. The van der Waals surface area contributed by atoms with Crippen LogP contribution in [0.15, 0.2) is 24.3 Å². The molecule has 0 bridgehead atoms. The zero-order chi connectivity index (χ0) is 18.5. The molecule has 3 nitrogen and oxygen atoms in total. The molecule has 1 aliphatic carbocycles. The molecule has 1 aromatic rings. The van der Waals surface area contributed by atoms with Gasteiger partial charge in [0.15, 0.2) is 0 Å². The quantitative estimate of drug-likeness (QED) is 0.662. The molecule has 0 atom stereocenters. The third-order valence-corrected chi connectivity index (χ3v) is 5.54. The molecule has 3 rings (SSSR count). The van der Waals surface area contributed by atoms with Crippen molar-refractivity contribution in [2.45, 2.75) is 84.8 Å². The zero-order valence-corrected chi connectivity index (χ0v) is 16.6. The van der Waals surface area contributed by atoms with Crippen LogP contribution in [0, 0.1) is 12.3 Å². The predicted molar refractivity (Wildman–Crippen MR) is 102 cm³/mol. The molecular formula is C22H34O3. The standard InChI is InChI=1S/C12H20O2.C10H14O/c1-3-4-11(10(2)13)5-7-12(8-6-11)9-14-12;1-8(2)11-10-6-4-9(3)5-7-10/h3-9H2,1-2H3;4-8H,1-3H3. The first-order chi connectivity index (χ1) is 11.8. The number of hydrogen-bond donors (Lipinski definition) is 0. The smallest absolute Gasteiger partial charge is 0.135 e. The highest BCUT2D eigenvalue weighted by Crippen LogP contribution is 2.50. The minimum absolute atomic E-state index is 0.00590. The first kappa shape index (κ1) is 20.0. The predicted octanol–water partition coefficient (Wildman–Crippen LogP) is 5.49. The second kappa shape index (κ2) is 8.35. The zero-order valence-electron chi connectivity index (χ0n) is 16.6. The molecule has 3 heteroatoms. The molecule has 1 saturated heterocycles. The summed E-state index contributed by atoms with van der Waals surface area (Å²) in [7, 11) is 0. The van der Waals surface area contributed by atoms with Crippen molar-refractivity contribution in [1.29, 1.82) is 0 Å². The minimum Gasteiger partial charge on any atom is -0.491 e. The van der Waals surface area contributed by atoms with E-state index < -0.39 is 0 Å². The number of epoxide rings is 1. The van der Waals surface area contributed by atoms with Crippen LogP contribution in [0.5, 0.6) is 5.75 Å². The second-order valence-electron chi connectivity index (χ2n) is 8.04. The summed E-state index contributed by atoms with van der Waals surface area (Å²) in [6, 6.07) is 8.10. The Balaban J connectivity index is 0.000000186. The summed E-state index contributed by atoms with van der Waals surface area (Å²) in [5, 5.41) is 0. The maximum atomic E-state index is 11.7. The summed E-state index contributed by atoms with van der Waals surface area (Å²) in [4.78, 5) is 11.7. The summed E-state index contributed by atoms with van der Waals surface area (Å²) < 4.78 is 10.9. The van der Waals surface area contributed by atoms with E-state index in [4.69, 9.17) is 9.47 Å². The number of aryl methyl sites for hydroxylation is 1. The van der Waals surface area contributed by atoms with Crippen LogP contribution in [-0.4, -0.2) is 24.1 Å². The summed E-state index contributed by atoms with van der Waals surface area (Å²) in [5.41, 5.74) is 1.49. The van der Waals surface area contributed by atoms with E-state index in [1.807, 2.05) is 26.0 Å². The van der Waals surface area contributed by atoms with E-state index in [2.05, 4.69) is 26.0 Å². The van der Waals surface area contributed by atoms with Crippen molar-refractivity contribution in [3.63, 3.8) is 0 Å². The molecule has 1 spiro atoms. The number of ether oxygens (including phenoxy) is 2. The van der Waals surface area contributed by atoms with Gasteiger partial charge in [0.05, 0.1) is 18.3 Å². The number of rotatable bonds is 5. The monoisotopic (exact) mass is 346 g/mol. The first-order valence-corrected chi connectivity index (χ1v) is 9.69. The number of hydrogen-bond acceptors (Lipinski definition) is 3. The highest BCUT2D eigenvalue weighted by Gasteiger charge is 2.52. The van der Waals surface area contributed by atoms with Crippen LogP contribution >= 0.6 is 0 Å². The van der Waals surface area contributed by atoms with Gasteiger partial charge < -0.3 is 9.47 Å². The Morgan fingerprint density at radius 3 is 2.12 bits per heavy atom. The Morgan fingerprint density at radius 1 is 1.16 bits per heavy atom. The van der Waals surface area contributed by atoms with Gasteiger partial charge in [0, 0.05) is 5.41 Å². The van der Waals surface area contributed by atoms with Gasteiger partial charge in [-0.05, 0) is 71.9 Å². The molecule has 140 valence electrons. The van der Waals surface area contributed by atoms with Crippen molar-refractivity contribution in [3.8, 4) is 5.75 Å². The molecule has 0 aromatic heterocycles. The summed E-state index contributed by atoms with van der Waals surface area (Å²) in [5.74, 6) is 1.35. The molecule has 0 N–H and O–H groups in total. The van der Waals surface area contributed by atoms with Gasteiger partial charge in [0.1, 0.15) is 11.5 Å². The van der Waals surface area contributed by atoms with Gasteiger partial charge >= 0.3 is 0 Å². The SMILES string of the molecule is CCCC1(C(C)=O)CCC2(CC1)CO2.Cc1ccc(OC(C)C)cc1. The van der Waals surface area contributed by atoms with Gasteiger partial charge in [-0.1, -0.05) is 31.0 Å². The summed E-state index contributed by atoms with van der Waals surface area (Å²) in [6.45, 7) is 11.0. The lowest BCUT2D eigenvalue weighted by Crippen LogP contribution is -2.36. The number of carbonyl (C=O) groups excluding carboxylic acids is 1. The Bertz CT molecular complexity index is 545. The van der Waals surface area contributed by atoms with E-state index in [0.717, 1.165) is 50.9 Å². The third-order valence-electron chi connectivity index (χ3n) is 5.54. The first-order valence-electron chi connectivity index (χ1n) is 9.69. The lowest BCUT2D eigenvalue weighted by Gasteiger charge is -2.37. The lowest BCUT2D eigenvalue weighted by atomic mass is 9.66. The highest BCUT2D eigenvalue weighted by molar-refractivity contribution is 5.82. The number of carbonyl (C=O) groups is 1. The topological polar surface area (TPSA) is 38.8 Å². The third kappa shape index (κ3) is 5.57. The molecule has 1 heterocycles. The molecule has 0 radical (unpaired) electrons. The number of ketones is 1. The molecule has 2 fully saturated rings. The normalized spacial score (nSPS) is 27.6. The van der Waals surface area contributed by atoms with Gasteiger partial charge in [-0.15, -0.1) is 0 Å². The van der Waals surface area contributed by atoms with E-state index in [1.165, 1.54) is 5.56 Å². The van der Waals surface area contributed by atoms with Crippen molar-refractivity contribution in [1.82, 2.24) is 0 Å². The Labute approximate surface area is 153 Å². The summed E-state index contributed by atoms with van der Waals surface area (Å²) in [6.07, 6.45) is 6.76. The molecule has 25 heavy (non-hydrogen) atoms. The molecular weight excluding hydrogens is 312 g/mol. The fraction of sp³-hybridized carbons (Fsp3) is 0.682. The van der Waals surface area contributed by atoms with Gasteiger partial charge in [-0.25, -0.2) is 0 Å². The minimum atomic E-state index is 0.00590. The number of benzene rings is 1. The van der Waals surface area contributed by atoms with E-state index in [1.54, 1.807) is 6.92 Å². The van der Waals surface area contributed by atoms with Crippen molar-refractivity contribution in [3.05, 3.63) is 29.8 Å². The molecule has 1 aromatic carbocycles. The average Bonchev–Trinajstić information content (AvgIpc) is 3.32. The Hall–Kier alpha value is -1.35. The average molecular weight is 347 g/mol. The molecule has 0 amide bonds. The van der Waals surface area contributed by atoms with Gasteiger partial charge in [0.25, 0.3) is 0 Å². The van der Waals surface area contributed by atoms with E-state index >= 15 is 0 Å². The van der Waals surface area contributed by atoms with Crippen LogP contribution < -0.4 is 4.74 Å². The van der Waals surface area contributed by atoms with Crippen LogP contribution in [-0.2, 0) is 9.53 Å². The van der Waals surface area contributed by atoms with Crippen molar-refractivity contribution in [2.24, 2.45) is 5.41 Å². The van der Waals surface area contributed by atoms with Crippen molar-refractivity contribution in [2.75, 3.05) is 6.61 Å². The lowest BCUT2D eigenvalue weighted by molar-refractivity contribution is -0.129. The highest BCUT2D eigenvalue weighted by atomic mass is 16.6. The van der Waals surface area contributed by atoms with Crippen molar-refractivity contribution >= 4 is 5.78 Å². The summed E-state index contributed by atoms with van der Waals surface area (Å²) >= 11 is 0. The maximum absolute atomic E-state index is 11.7. The van der Waals surface area contributed by atoms with Crippen LogP contribution in [0.4, 0.5) is 0 Å². The Morgan fingerprint density at radius 2 is 1.72 bits per heavy atom. The molecule has 1 saturated carbocycles.